The van der Waals surface area contributed by atoms with E-state index in [4.69, 9.17) is 32.7 Å². The van der Waals surface area contributed by atoms with Gasteiger partial charge in [-0.1, -0.05) is 35.3 Å². The Kier molecular flexibility index (Phi) is 7.10. The van der Waals surface area contributed by atoms with E-state index in [1.54, 1.807) is 12.1 Å². The zero-order valence-corrected chi connectivity index (χ0v) is 15.1. The van der Waals surface area contributed by atoms with Gasteiger partial charge in [0, 0.05) is 5.69 Å². The molecule has 1 N–H and O–H groups in total. The molecule has 0 aliphatic heterocycles. The molecule has 0 radical (unpaired) electrons. The van der Waals surface area contributed by atoms with Gasteiger partial charge in [-0.05, 0) is 42.8 Å². The number of esters is 1. The summed E-state index contributed by atoms with van der Waals surface area (Å²) in [6.45, 7) is 1.74. The van der Waals surface area contributed by atoms with E-state index in [1.807, 2.05) is 31.2 Å². The van der Waals surface area contributed by atoms with Crippen molar-refractivity contribution < 1.29 is 19.1 Å². The van der Waals surface area contributed by atoms with Crippen molar-refractivity contribution in [2.45, 2.75) is 13.3 Å². The summed E-state index contributed by atoms with van der Waals surface area (Å²) >= 11 is 11.7. The van der Waals surface area contributed by atoms with E-state index in [0.717, 1.165) is 5.56 Å². The zero-order valence-electron chi connectivity index (χ0n) is 13.6. The van der Waals surface area contributed by atoms with E-state index in [-0.39, 0.29) is 19.6 Å². The molecular weight excluding hydrogens is 365 g/mol. The first kappa shape index (κ1) is 19.1. The van der Waals surface area contributed by atoms with Gasteiger partial charge in [-0.2, -0.15) is 0 Å². The van der Waals surface area contributed by atoms with Crippen molar-refractivity contribution in [3.63, 3.8) is 0 Å². The second-order valence-electron chi connectivity index (χ2n) is 5.25. The van der Waals surface area contributed by atoms with Crippen molar-refractivity contribution >= 4 is 40.8 Å². The van der Waals surface area contributed by atoms with Gasteiger partial charge in [0.25, 0.3) is 5.91 Å². The summed E-state index contributed by atoms with van der Waals surface area (Å²) in [6, 6.07) is 12.2. The molecule has 0 bridgehead atoms. The molecule has 0 spiro atoms. The van der Waals surface area contributed by atoms with Crippen LogP contribution >= 0.6 is 23.2 Å². The molecule has 0 aliphatic carbocycles. The largest absolute Gasteiger partial charge is 0.493 e. The summed E-state index contributed by atoms with van der Waals surface area (Å²) in [5.74, 6) is -0.298. The number of ether oxygens (including phenoxy) is 2. The Bertz CT molecular complexity index is 764. The fraction of sp³-hybridized carbons (Fsp3) is 0.222. The fourth-order valence-corrected chi connectivity index (χ4v) is 2.24. The molecule has 132 valence electrons. The molecule has 5 nitrogen and oxygen atoms in total. The summed E-state index contributed by atoms with van der Waals surface area (Å²) in [5, 5.41) is 3.28. The lowest BCUT2D eigenvalue weighted by atomic mass is 10.2. The highest BCUT2D eigenvalue weighted by molar-refractivity contribution is 6.42. The average Bonchev–Trinajstić information content (AvgIpc) is 2.56. The number of nitrogens with one attached hydrogen (secondary N) is 1. The minimum Gasteiger partial charge on any atom is -0.493 e. The molecule has 25 heavy (non-hydrogen) atoms. The van der Waals surface area contributed by atoms with Crippen molar-refractivity contribution in [1.82, 2.24) is 0 Å². The van der Waals surface area contributed by atoms with Crippen LogP contribution in [0.15, 0.2) is 42.5 Å². The Balaban J connectivity index is 1.68. The highest BCUT2D eigenvalue weighted by Gasteiger charge is 2.09. The number of anilines is 1. The second-order valence-corrected chi connectivity index (χ2v) is 6.07. The number of rotatable bonds is 7. The van der Waals surface area contributed by atoms with Crippen LogP contribution in [0, 0.1) is 6.92 Å². The number of aryl methyl sites for hydroxylation is 1. The van der Waals surface area contributed by atoms with Crippen LogP contribution in [-0.4, -0.2) is 25.1 Å². The molecule has 2 aromatic carbocycles. The van der Waals surface area contributed by atoms with E-state index in [0.29, 0.717) is 21.5 Å². The number of hydrogen-bond donors (Lipinski definition) is 1. The monoisotopic (exact) mass is 381 g/mol. The Morgan fingerprint density at radius 3 is 2.60 bits per heavy atom. The normalized spacial score (nSPS) is 10.2. The number of amides is 1. The van der Waals surface area contributed by atoms with Crippen LogP contribution in [-0.2, 0) is 14.3 Å². The predicted octanol–water partition coefficient (Wildman–Crippen LogP) is 4.25. The first-order valence-corrected chi connectivity index (χ1v) is 8.29. The molecule has 2 aromatic rings. The molecule has 0 aliphatic rings. The van der Waals surface area contributed by atoms with Crippen LogP contribution in [0.4, 0.5) is 5.69 Å². The van der Waals surface area contributed by atoms with E-state index in [9.17, 15) is 9.59 Å². The van der Waals surface area contributed by atoms with Crippen LogP contribution in [0.3, 0.4) is 0 Å². The van der Waals surface area contributed by atoms with Gasteiger partial charge in [-0.15, -0.1) is 0 Å². The van der Waals surface area contributed by atoms with E-state index in [1.165, 1.54) is 6.07 Å². The van der Waals surface area contributed by atoms with Gasteiger partial charge in [0.05, 0.1) is 23.1 Å². The van der Waals surface area contributed by atoms with Gasteiger partial charge >= 0.3 is 5.97 Å². The SMILES string of the molecule is Cc1cccc(OCCC(=O)OCC(=O)Nc2ccc(Cl)c(Cl)c2)c1. The van der Waals surface area contributed by atoms with Gasteiger partial charge < -0.3 is 14.8 Å². The zero-order chi connectivity index (χ0) is 18.2. The molecule has 0 heterocycles. The quantitative estimate of drug-likeness (QED) is 0.727. The molecule has 0 fully saturated rings. The lowest BCUT2D eigenvalue weighted by Crippen LogP contribution is -2.21. The Labute approximate surface area is 155 Å². The van der Waals surface area contributed by atoms with Gasteiger partial charge in [-0.3, -0.25) is 9.59 Å². The number of hydrogen-bond acceptors (Lipinski definition) is 4. The standard InChI is InChI=1S/C18H17Cl2NO4/c1-12-3-2-4-14(9-12)24-8-7-18(23)25-11-17(22)21-13-5-6-15(19)16(20)10-13/h2-6,9-10H,7-8,11H2,1H3,(H,21,22). The summed E-state index contributed by atoms with van der Waals surface area (Å²) in [6.07, 6.45) is 0.0496. The van der Waals surface area contributed by atoms with Crippen molar-refractivity contribution in [1.29, 1.82) is 0 Å². The Morgan fingerprint density at radius 1 is 1.08 bits per heavy atom. The second kappa shape index (κ2) is 9.30. The first-order valence-electron chi connectivity index (χ1n) is 7.54. The third-order valence-corrected chi connectivity index (χ3v) is 3.87. The molecule has 0 atom stereocenters. The van der Waals surface area contributed by atoms with Crippen molar-refractivity contribution in [2.75, 3.05) is 18.5 Å². The smallest absolute Gasteiger partial charge is 0.309 e. The minimum absolute atomic E-state index is 0.0496. The molecule has 7 heteroatoms. The predicted molar refractivity (Wildman–Crippen MR) is 97.3 cm³/mol. The van der Waals surface area contributed by atoms with Crippen molar-refractivity contribution in [3.05, 3.63) is 58.1 Å². The summed E-state index contributed by atoms with van der Waals surface area (Å²) in [7, 11) is 0. The molecule has 2 rings (SSSR count). The van der Waals surface area contributed by atoms with Gasteiger partial charge in [0.15, 0.2) is 6.61 Å². The Hall–Kier alpha value is -2.24. The summed E-state index contributed by atoms with van der Waals surface area (Å²) < 4.78 is 10.4. The van der Waals surface area contributed by atoms with Crippen LogP contribution in [0.1, 0.15) is 12.0 Å². The van der Waals surface area contributed by atoms with Crippen molar-refractivity contribution in [2.24, 2.45) is 0 Å². The molecular formula is C18H17Cl2NO4. The third-order valence-electron chi connectivity index (χ3n) is 3.13. The van der Waals surface area contributed by atoms with E-state index >= 15 is 0 Å². The van der Waals surface area contributed by atoms with Crippen molar-refractivity contribution in [3.8, 4) is 5.75 Å². The molecule has 0 saturated carbocycles. The maximum atomic E-state index is 11.8. The summed E-state index contributed by atoms with van der Waals surface area (Å²) in [4.78, 5) is 23.4. The van der Waals surface area contributed by atoms with E-state index in [2.05, 4.69) is 5.32 Å². The lowest BCUT2D eigenvalue weighted by molar-refractivity contribution is -0.147. The summed E-state index contributed by atoms with van der Waals surface area (Å²) in [5.41, 5.74) is 1.54. The third kappa shape index (κ3) is 6.64. The Morgan fingerprint density at radius 2 is 1.88 bits per heavy atom. The maximum absolute atomic E-state index is 11.8. The topological polar surface area (TPSA) is 64.6 Å². The van der Waals surface area contributed by atoms with Gasteiger partial charge in [0.1, 0.15) is 5.75 Å². The lowest BCUT2D eigenvalue weighted by Gasteiger charge is -2.08. The number of benzene rings is 2. The van der Waals surface area contributed by atoms with E-state index < -0.39 is 11.9 Å². The number of carbonyl (C=O) groups excluding carboxylic acids is 2. The molecule has 0 aromatic heterocycles. The van der Waals surface area contributed by atoms with Crippen LogP contribution in [0.5, 0.6) is 5.75 Å². The van der Waals surface area contributed by atoms with Crippen LogP contribution in [0.2, 0.25) is 10.0 Å². The highest BCUT2D eigenvalue weighted by atomic mass is 35.5. The molecule has 0 saturated heterocycles. The van der Waals surface area contributed by atoms with Crippen LogP contribution < -0.4 is 10.1 Å². The van der Waals surface area contributed by atoms with Crippen LogP contribution in [0.25, 0.3) is 0 Å². The fourth-order valence-electron chi connectivity index (χ4n) is 1.95. The molecule has 0 unspecified atom stereocenters. The average molecular weight is 382 g/mol. The first-order chi connectivity index (χ1) is 11.9. The molecule has 1 amide bonds. The highest BCUT2D eigenvalue weighted by Crippen LogP contribution is 2.24. The van der Waals surface area contributed by atoms with Gasteiger partial charge in [-0.25, -0.2) is 0 Å². The maximum Gasteiger partial charge on any atom is 0.309 e. The number of halogens is 2. The van der Waals surface area contributed by atoms with Gasteiger partial charge in [0.2, 0.25) is 0 Å². The minimum atomic E-state index is -0.517. The number of carbonyl (C=O) groups is 2.